The predicted octanol–water partition coefficient (Wildman–Crippen LogP) is 3.65. The highest BCUT2D eigenvalue weighted by Crippen LogP contribution is 2.33. The van der Waals surface area contributed by atoms with E-state index in [1.54, 1.807) is 24.3 Å². The number of benzene rings is 2. The summed E-state index contributed by atoms with van der Waals surface area (Å²) in [6, 6.07) is 10.5. The van der Waals surface area contributed by atoms with Crippen LogP contribution in [-0.4, -0.2) is 49.4 Å². The van der Waals surface area contributed by atoms with E-state index in [1.807, 2.05) is 0 Å². The van der Waals surface area contributed by atoms with E-state index in [9.17, 15) is 22.4 Å². The van der Waals surface area contributed by atoms with Crippen molar-refractivity contribution in [2.24, 2.45) is 0 Å². The van der Waals surface area contributed by atoms with E-state index in [4.69, 9.17) is 11.6 Å². The molecule has 0 bridgehead atoms. The highest BCUT2D eigenvalue weighted by molar-refractivity contribution is 7.90. The Bertz CT molecular complexity index is 1170. The molecule has 1 heterocycles. The van der Waals surface area contributed by atoms with Crippen LogP contribution in [0.25, 0.3) is 0 Å². The van der Waals surface area contributed by atoms with Crippen molar-refractivity contribution in [2.75, 3.05) is 23.7 Å². The third-order valence-corrected chi connectivity index (χ3v) is 8.23. The molecule has 34 heavy (non-hydrogen) atoms. The van der Waals surface area contributed by atoms with Gasteiger partial charge in [0.25, 0.3) is 0 Å². The summed E-state index contributed by atoms with van der Waals surface area (Å²) < 4.78 is 40.6. The van der Waals surface area contributed by atoms with E-state index in [0.717, 1.165) is 43.1 Å². The van der Waals surface area contributed by atoms with Gasteiger partial charge in [-0.1, -0.05) is 55.1 Å². The first-order valence-electron chi connectivity index (χ1n) is 11.4. The van der Waals surface area contributed by atoms with E-state index < -0.39 is 39.4 Å². The van der Waals surface area contributed by atoms with Crippen LogP contribution in [0.2, 0.25) is 5.02 Å². The van der Waals surface area contributed by atoms with Crippen molar-refractivity contribution in [3.05, 3.63) is 64.9 Å². The molecule has 1 saturated carbocycles. The normalized spacial score (nSPS) is 17.7. The molecule has 0 aromatic heterocycles. The van der Waals surface area contributed by atoms with Crippen LogP contribution in [0.15, 0.2) is 48.5 Å². The molecular formula is C24H27ClFN3O4S. The number of nitrogens with one attached hydrogen (secondary N) is 1. The zero-order chi connectivity index (χ0) is 24.3. The maximum absolute atomic E-state index is 14.2. The predicted molar refractivity (Wildman–Crippen MR) is 128 cm³/mol. The van der Waals surface area contributed by atoms with Crippen LogP contribution in [0, 0.1) is 5.82 Å². The summed E-state index contributed by atoms with van der Waals surface area (Å²) in [6.45, 7) is 0.706. The molecule has 2 aromatic carbocycles. The van der Waals surface area contributed by atoms with Crippen molar-refractivity contribution in [3.63, 3.8) is 0 Å². The third kappa shape index (κ3) is 5.76. The van der Waals surface area contributed by atoms with Gasteiger partial charge < -0.3 is 5.32 Å². The molecule has 7 nitrogen and oxygen atoms in total. The fraction of sp³-hybridized carbons (Fsp3) is 0.417. The van der Waals surface area contributed by atoms with Crippen molar-refractivity contribution in [3.8, 4) is 0 Å². The van der Waals surface area contributed by atoms with Crippen LogP contribution < -0.4 is 10.2 Å². The van der Waals surface area contributed by atoms with Gasteiger partial charge in [0.05, 0.1) is 0 Å². The van der Waals surface area contributed by atoms with Gasteiger partial charge in [0, 0.05) is 35.4 Å². The first-order valence-corrected chi connectivity index (χ1v) is 13.4. The largest absolute Gasteiger partial charge is 0.351 e. The first kappa shape index (κ1) is 24.6. The molecule has 2 amide bonds. The van der Waals surface area contributed by atoms with Crippen LogP contribution in [0.3, 0.4) is 0 Å². The highest BCUT2D eigenvalue weighted by Gasteiger charge is 2.40. The number of sulfonamides is 1. The van der Waals surface area contributed by atoms with Crippen LogP contribution in [0.1, 0.15) is 43.7 Å². The molecule has 10 heteroatoms. The summed E-state index contributed by atoms with van der Waals surface area (Å²) in [5.74, 6) is -2.76. The number of rotatable bonds is 8. The van der Waals surface area contributed by atoms with Crippen molar-refractivity contribution in [1.29, 1.82) is 0 Å². The Morgan fingerprint density at radius 1 is 1.09 bits per heavy atom. The SMILES string of the molecule is O=C(NC1CCCCC1)[C@H](c1ccccc1Cl)N(C(=O)CS(=O)(=O)N1CC1)c1cccc(F)c1. The Morgan fingerprint density at radius 2 is 1.79 bits per heavy atom. The quantitative estimate of drug-likeness (QED) is 0.553. The second-order valence-electron chi connectivity index (χ2n) is 8.67. The smallest absolute Gasteiger partial charge is 0.248 e. The summed E-state index contributed by atoms with van der Waals surface area (Å²) in [5, 5.41) is 3.26. The van der Waals surface area contributed by atoms with Gasteiger partial charge in [-0.2, -0.15) is 4.31 Å². The van der Waals surface area contributed by atoms with Gasteiger partial charge in [0.1, 0.15) is 17.6 Å². The molecule has 2 fully saturated rings. The van der Waals surface area contributed by atoms with Gasteiger partial charge in [0.2, 0.25) is 21.8 Å². The van der Waals surface area contributed by atoms with Crippen molar-refractivity contribution in [2.45, 2.75) is 44.2 Å². The summed E-state index contributed by atoms with van der Waals surface area (Å²) in [4.78, 5) is 28.2. The lowest BCUT2D eigenvalue weighted by atomic mass is 9.94. The molecule has 1 aliphatic heterocycles. The molecule has 1 atom stereocenters. The lowest BCUT2D eigenvalue weighted by Gasteiger charge is -2.34. The summed E-state index contributed by atoms with van der Waals surface area (Å²) in [5.41, 5.74) is 0.411. The molecule has 0 spiro atoms. The number of hydrogen-bond acceptors (Lipinski definition) is 4. The minimum atomic E-state index is -3.84. The molecule has 1 aliphatic carbocycles. The van der Waals surface area contributed by atoms with Crippen molar-refractivity contribution in [1.82, 2.24) is 9.62 Å². The molecule has 0 radical (unpaired) electrons. The molecule has 182 valence electrons. The van der Waals surface area contributed by atoms with Crippen molar-refractivity contribution < 1.29 is 22.4 Å². The Balaban J connectivity index is 1.77. The Labute approximate surface area is 203 Å². The van der Waals surface area contributed by atoms with Gasteiger partial charge in [-0.3, -0.25) is 14.5 Å². The van der Waals surface area contributed by atoms with E-state index in [-0.39, 0.29) is 16.8 Å². The summed E-state index contributed by atoms with van der Waals surface area (Å²) >= 11 is 6.45. The third-order valence-electron chi connectivity index (χ3n) is 6.12. The molecule has 2 aliphatic rings. The number of carbonyl (C=O) groups excluding carboxylic acids is 2. The monoisotopic (exact) mass is 507 g/mol. The average molecular weight is 508 g/mol. The molecule has 0 unspecified atom stereocenters. The minimum Gasteiger partial charge on any atom is -0.351 e. The molecule has 2 aromatic rings. The first-order chi connectivity index (χ1) is 16.3. The molecule has 1 N–H and O–H groups in total. The van der Waals surface area contributed by atoms with Crippen LogP contribution in [0.4, 0.5) is 10.1 Å². The second-order valence-corrected chi connectivity index (χ2v) is 11.0. The minimum absolute atomic E-state index is 0.0583. The summed E-state index contributed by atoms with van der Waals surface area (Å²) in [6.07, 6.45) is 4.71. The second kappa shape index (κ2) is 10.4. The van der Waals surface area contributed by atoms with Gasteiger partial charge in [-0.25, -0.2) is 12.8 Å². The fourth-order valence-corrected chi connectivity index (χ4v) is 5.83. The van der Waals surface area contributed by atoms with Gasteiger partial charge in [-0.15, -0.1) is 0 Å². The topological polar surface area (TPSA) is 86.6 Å². The molecule has 1 saturated heterocycles. The van der Waals surface area contributed by atoms with E-state index in [1.165, 1.54) is 22.5 Å². The van der Waals surface area contributed by atoms with Crippen LogP contribution in [-0.2, 0) is 19.6 Å². The van der Waals surface area contributed by atoms with Crippen molar-refractivity contribution >= 4 is 39.1 Å². The maximum Gasteiger partial charge on any atom is 0.248 e. The van der Waals surface area contributed by atoms with Crippen LogP contribution in [0.5, 0.6) is 0 Å². The Kier molecular flexibility index (Phi) is 7.54. The lowest BCUT2D eigenvalue weighted by Crippen LogP contribution is -2.49. The maximum atomic E-state index is 14.2. The summed E-state index contributed by atoms with van der Waals surface area (Å²) in [7, 11) is -3.84. The molecule has 4 rings (SSSR count). The number of nitrogens with zero attached hydrogens (tertiary/aromatic N) is 2. The zero-order valence-electron chi connectivity index (χ0n) is 18.6. The highest BCUT2D eigenvalue weighted by atomic mass is 35.5. The fourth-order valence-electron chi connectivity index (χ4n) is 4.32. The lowest BCUT2D eigenvalue weighted by molar-refractivity contribution is -0.126. The number of carbonyl (C=O) groups is 2. The van der Waals surface area contributed by atoms with Gasteiger partial charge in [0.15, 0.2) is 0 Å². The van der Waals surface area contributed by atoms with Gasteiger partial charge in [-0.05, 0) is 37.1 Å². The van der Waals surface area contributed by atoms with E-state index >= 15 is 0 Å². The van der Waals surface area contributed by atoms with E-state index in [0.29, 0.717) is 18.7 Å². The number of amides is 2. The molecular weight excluding hydrogens is 481 g/mol. The Morgan fingerprint density at radius 3 is 2.44 bits per heavy atom. The standard InChI is InChI=1S/C24H27ClFN3O4S/c25-21-12-5-4-11-20(21)23(24(31)27-18-8-2-1-3-9-18)29(19-10-6-7-17(26)15-19)22(30)16-34(32,33)28-13-14-28/h4-7,10-12,15,18,23H,1-3,8-9,13-14,16H2,(H,27,31)/t23-/m0/s1. The van der Waals surface area contributed by atoms with Gasteiger partial charge >= 0.3 is 0 Å². The average Bonchev–Trinajstić information content (AvgIpc) is 3.64. The van der Waals surface area contributed by atoms with E-state index in [2.05, 4.69) is 5.32 Å². The zero-order valence-corrected chi connectivity index (χ0v) is 20.2. The van der Waals surface area contributed by atoms with Crippen LogP contribution >= 0.6 is 11.6 Å². The Hall–Kier alpha value is -2.49. The number of anilines is 1. The number of hydrogen-bond donors (Lipinski definition) is 1. The number of halogens is 2.